The lowest BCUT2D eigenvalue weighted by atomic mass is 10.1. The van der Waals surface area contributed by atoms with E-state index in [2.05, 4.69) is 10.4 Å². The zero-order valence-corrected chi connectivity index (χ0v) is 21.2. The van der Waals surface area contributed by atoms with Gasteiger partial charge in [-0.15, -0.1) is 0 Å². The monoisotopic (exact) mass is 479 g/mol. The molecular formula is C27H37N5O3. The fourth-order valence-electron chi connectivity index (χ4n) is 5.31. The van der Waals surface area contributed by atoms with E-state index < -0.39 is 5.43 Å². The van der Waals surface area contributed by atoms with E-state index in [1.165, 1.54) is 12.8 Å². The third-order valence-electron chi connectivity index (χ3n) is 7.92. The fraction of sp³-hybridized carbons (Fsp3) is 0.630. The molecule has 0 bridgehead atoms. The van der Waals surface area contributed by atoms with Crippen molar-refractivity contribution < 1.29 is 9.59 Å². The van der Waals surface area contributed by atoms with Crippen LogP contribution in [0.4, 0.5) is 0 Å². The topological polar surface area (TPSA) is 89.2 Å². The fourth-order valence-corrected chi connectivity index (χ4v) is 5.31. The highest BCUT2D eigenvalue weighted by Gasteiger charge is 2.36. The summed E-state index contributed by atoms with van der Waals surface area (Å²) in [4.78, 5) is 42.5. The second kappa shape index (κ2) is 9.63. The molecule has 0 atom stereocenters. The van der Waals surface area contributed by atoms with Crippen LogP contribution in [-0.2, 0) is 13.6 Å². The van der Waals surface area contributed by atoms with Crippen LogP contribution < -0.4 is 10.7 Å². The van der Waals surface area contributed by atoms with E-state index in [4.69, 9.17) is 0 Å². The summed E-state index contributed by atoms with van der Waals surface area (Å²) in [6.07, 6.45) is 13.7. The molecule has 0 aliphatic heterocycles. The Kier molecular flexibility index (Phi) is 6.55. The number of nitrogens with one attached hydrogen (secondary N) is 1. The van der Waals surface area contributed by atoms with Crippen molar-refractivity contribution in [2.75, 3.05) is 0 Å². The number of pyridine rings is 1. The lowest BCUT2D eigenvalue weighted by Crippen LogP contribution is -2.41. The third-order valence-corrected chi connectivity index (χ3v) is 7.92. The lowest BCUT2D eigenvalue weighted by molar-refractivity contribution is 0.0727. The van der Waals surface area contributed by atoms with Crippen molar-refractivity contribution in [2.45, 2.75) is 103 Å². The van der Waals surface area contributed by atoms with Crippen molar-refractivity contribution >= 4 is 11.8 Å². The lowest BCUT2D eigenvalue weighted by Gasteiger charge is -2.23. The molecule has 35 heavy (non-hydrogen) atoms. The maximum absolute atomic E-state index is 13.8. The predicted molar refractivity (Wildman–Crippen MR) is 134 cm³/mol. The average Bonchev–Trinajstić information content (AvgIpc) is 3.71. The predicted octanol–water partition coefficient (Wildman–Crippen LogP) is 3.79. The van der Waals surface area contributed by atoms with Gasteiger partial charge in [0.05, 0.1) is 5.69 Å². The molecule has 2 amide bonds. The zero-order valence-electron chi connectivity index (χ0n) is 21.2. The first-order chi connectivity index (χ1) is 16.8. The highest BCUT2D eigenvalue weighted by molar-refractivity contribution is 5.99. The number of carbonyl (C=O) groups is 2. The quantitative estimate of drug-likeness (QED) is 0.612. The number of aryl methyl sites for hydroxylation is 2. The Morgan fingerprint density at radius 1 is 1.00 bits per heavy atom. The minimum Gasteiger partial charge on any atom is -0.349 e. The maximum atomic E-state index is 13.8. The van der Waals surface area contributed by atoms with Crippen LogP contribution in [0.3, 0.4) is 0 Å². The summed E-state index contributed by atoms with van der Waals surface area (Å²) in [5, 5.41) is 7.60. The molecule has 8 heteroatoms. The first-order valence-electron chi connectivity index (χ1n) is 13.2. The molecule has 2 aromatic rings. The van der Waals surface area contributed by atoms with Crippen molar-refractivity contribution in [3.8, 4) is 0 Å². The smallest absolute Gasteiger partial charge is 0.259 e. The summed E-state index contributed by atoms with van der Waals surface area (Å²) < 4.78 is 3.75. The average molecular weight is 480 g/mol. The van der Waals surface area contributed by atoms with E-state index >= 15 is 0 Å². The molecule has 8 nitrogen and oxygen atoms in total. The standard InChI is InChI=1S/C27H37N5O3/c1-17-22(18(2)30(3)29-17)16-32(21-12-13-21)27(35)24-15-31(20-10-11-20)14-23(25(24)33)26(34)28-19-8-6-4-5-7-9-19/h14-15,19-21H,4-13,16H2,1-3H3,(H,28,34). The van der Waals surface area contributed by atoms with Crippen molar-refractivity contribution in [3.05, 3.63) is 50.7 Å². The Hall–Kier alpha value is -2.90. The number of hydrogen-bond donors (Lipinski definition) is 1. The highest BCUT2D eigenvalue weighted by atomic mass is 16.2. The summed E-state index contributed by atoms with van der Waals surface area (Å²) in [6, 6.07) is 0.472. The zero-order chi connectivity index (χ0) is 24.7. The van der Waals surface area contributed by atoms with Gasteiger partial charge in [-0.2, -0.15) is 5.10 Å². The molecule has 5 rings (SSSR count). The van der Waals surface area contributed by atoms with Crippen molar-refractivity contribution in [2.24, 2.45) is 7.05 Å². The van der Waals surface area contributed by atoms with Crippen LogP contribution in [-0.4, -0.2) is 43.1 Å². The second-order valence-corrected chi connectivity index (χ2v) is 10.7. The number of carbonyl (C=O) groups excluding carboxylic acids is 2. The number of aromatic nitrogens is 3. The van der Waals surface area contributed by atoms with E-state index in [0.29, 0.717) is 6.54 Å². The van der Waals surface area contributed by atoms with Gasteiger partial charge in [0.25, 0.3) is 11.8 Å². The van der Waals surface area contributed by atoms with Gasteiger partial charge >= 0.3 is 0 Å². The Morgan fingerprint density at radius 3 is 2.23 bits per heavy atom. The summed E-state index contributed by atoms with van der Waals surface area (Å²) in [6.45, 7) is 4.39. The molecule has 3 fully saturated rings. The maximum Gasteiger partial charge on any atom is 0.259 e. The van der Waals surface area contributed by atoms with Crippen molar-refractivity contribution in [1.82, 2.24) is 24.6 Å². The van der Waals surface area contributed by atoms with E-state index in [1.807, 2.05) is 35.0 Å². The number of rotatable bonds is 7. The van der Waals surface area contributed by atoms with Gasteiger partial charge in [-0.05, 0) is 52.4 Å². The number of nitrogens with zero attached hydrogens (tertiary/aromatic N) is 4. The molecule has 0 aromatic carbocycles. The summed E-state index contributed by atoms with van der Waals surface area (Å²) in [5.41, 5.74) is 2.69. The van der Waals surface area contributed by atoms with Gasteiger partial charge in [0.1, 0.15) is 11.1 Å². The second-order valence-electron chi connectivity index (χ2n) is 10.7. The SMILES string of the molecule is Cc1nn(C)c(C)c1CN(C(=O)c1cn(C2CC2)cc(C(=O)NC2CCCCCC2)c1=O)C1CC1. The van der Waals surface area contributed by atoms with E-state index in [1.54, 1.807) is 12.4 Å². The Morgan fingerprint density at radius 2 is 1.66 bits per heavy atom. The molecule has 0 unspecified atom stereocenters. The van der Waals surface area contributed by atoms with Crippen LogP contribution in [0.25, 0.3) is 0 Å². The molecule has 2 aromatic heterocycles. The molecule has 3 aliphatic rings. The first kappa shape index (κ1) is 23.8. The van der Waals surface area contributed by atoms with Gasteiger partial charge in [0, 0.05) is 55.4 Å². The van der Waals surface area contributed by atoms with Gasteiger partial charge in [-0.25, -0.2) is 0 Å². The van der Waals surface area contributed by atoms with Gasteiger partial charge < -0.3 is 14.8 Å². The van der Waals surface area contributed by atoms with Crippen LogP contribution >= 0.6 is 0 Å². The molecule has 188 valence electrons. The summed E-state index contributed by atoms with van der Waals surface area (Å²) in [5.74, 6) is -0.624. The van der Waals surface area contributed by atoms with Crippen LogP contribution in [0.1, 0.15) is 108 Å². The van der Waals surface area contributed by atoms with Crippen LogP contribution in [0.15, 0.2) is 17.2 Å². The van der Waals surface area contributed by atoms with Crippen molar-refractivity contribution in [1.29, 1.82) is 0 Å². The van der Waals surface area contributed by atoms with E-state index in [0.717, 1.165) is 68.3 Å². The first-order valence-corrected chi connectivity index (χ1v) is 13.2. The minimum absolute atomic E-state index is 0.0940. The van der Waals surface area contributed by atoms with Gasteiger partial charge in [-0.1, -0.05) is 25.7 Å². The molecule has 0 radical (unpaired) electrons. The molecule has 0 saturated heterocycles. The Bertz CT molecular complexity index is 1180. The molecule has 1 N–H and O–H groups in total. The highest BCUT2D eigenvalue weighted by Crippen LogP contribution is 2.35. The number of amides is 2. The largest absolute Gasteiger partial charge is 0.349 e. The molecule has 3 aliphatic carbocycles. The third kappa shape index (κ3) is 5.07. The molecule has 0 spiro atoms. The summed E-state index contributed by atoms with van der Waals surface area (Å²) >= 11 is 0. The molecule has 3 saturated carbocycles. The normalized spacial score (nSPS) is 18.8. The summed E-state index contributed by atoms with van der Waals surface area (Å²) in [7, 11) is 1.90. The van der Waals surface area contributed by atoms with E-state index in [-0.39, 0.29) is 41.1 Å². The van der Waals surface area contributed by atoms with Crippen LogP contribution in [0.5, 0.6) is 0 Å². The van der Waals surface area contributed by atoms with Gasteiger partial charge in [0.2, 0.25) is 5.43 Å². The van der Waals surface area contributed by atoms with E-state index in [9.17, 15) is 14.4 Å². The molecule has 2 heterocycles. The molecular weight excluding hydrogens is 442 g/mol. The van der Waals surface area contributed by atoms with Gasteiger partial charge in [-0.3, -0.25) is 19.1 Å². The van der Waals surface area contributed by atoms with Gasteiger partial charge in [0.15, 0.2) is 0 Å². The van der Waals surface area contributed by atoms with Crippen LogP contribution in [0.2, 0.25) is 0 Å². The number of hydrogen-bond acceptors (Lipinski definition) is 4. The van der Waals surface area contributed by atoms with Crippen molar-refractivity contribution in [3.63, 3.8) is 0 Å². The Labute approximate surface area is 206 Å². The Balaban J connectivity index is 1.46. The minimum atomic E-state index is -0.455. The van der Waals surface area contributed by atoms with Crippen LogP contribution in [0, 0.1) is 13.8 Å².